The van der Waals surface area contributed by atoms with Gasteiger partial charge in [0.15, 0.2) is 5.13 Å². The van der Waals surface area contributed by atoms with Gasteiger partial charge in [-0.05, 0) is 14.0 Å². The molecule has 0 aliphatic heterocycles. The van der Waals surface area contributed by atoms with Crippen LogP contribution in [0.5, 0.6) is 0 Å². The largest absolute Gasteiger partial charge is 0.480 e. The molecule has 0 radical (unpaired) electrons. The van der Waals surface area contributed by atoms with E-state index in [-0.39, 0.29) is 12.5 Å². The Labute approximate surface area is 96.9 Å². The molecule has 7 heteroatoms. The second kappa shape index (κ2) is 5.57. The number of anilines is 1. The van der Waals surface area contributed by atoms with E-state index in [0.717, 1.165) is 0 Å². The maximum atomic E-state index is 11.5. The lowest BCUT2D eigenvalue weighted by atomic mass is 10.3. The number of hydrogen-bond donors (Lipinski definition) is 2. The molecule has 2 N–H and O–H groups in total. The monoisotopic (exact) mass is 243 g/mol. The average Bonchev–Trinajstić information content (AvgIpc) is 2.68. The second-order valence-corrected chi connectivity index (χ2v) is 4.21. The third kappa shape index (κ3) is 3.59. The van der Waals surface area contributed by atoms with Gasteiger partial charge in [0, 0.05) is 11.6 Å². The van der Waals surface area contributed by atoms with Crippen LogP contribution in [0.2, 0.25) is 0 Å². The Morgan fingerprint density at radius 3 is 2.88 bits per heavy atom. The smallest absolute Gasteiger partial charge is 0.320 e. The summed E-state index contributed by atoms with van der Waals surface area (Å²) in [6.45, 7) is 1.55. The number of thiazole rings is 1. The van der Waals surface area contributed by atoms with E-state index in [1.807, 2.05) is 0 Å². The van der Waals surface area contributed by atoms with Crippen LogP contribution in [0.3, 0.4) is 0 Å². The van der Waals surface area contributed by atoms with Crippen molar-refractivity contribution >= 4 is 28.3 Å². The summed E-state index contributed by atoms with van der Waals surface area (Å²) in [6.07, 6.45) is 1.59. The van der Waals surface area contributed by atoms with Gasteiger partial charge in [0.2, 0.25) is 5.91 Å². The van der Waals surface area contributed by atoms with E-state index in [4.69, 9.17) is 5.11 Å². The zero-order valence-corrected chi connectivity index (χ0v) is 9.82. The molecular formula is C9H13N3O3S. The van der Waals surface area contributed by atoms with Crippen LogP contribution in [0.25, 0.3) is 0 Å². The summed E-state index contributed by atoms with van der Waals surface area (Å²) in [5.41, 5.74) is 0. The molecule has 1 aromatic heterocycles. The number of carboxylic acids is 1. The van der Waals surface area contributed by atoms with E-state index >= 15 is 0 Å². The molecule has 0 aliphatic carbocycles. The zero-order valence-electron chi connectivity index (χ0n) is 9.01. The Bertz CT molecular complexity index is 366. The number of aliphatic carboxylic acids is 1. The minimum absolute atomic E-state index is 0.0209. The number of hydrogen-bond acceptors (Lipinski definition) is 5. The van der Waals surface area contributed by atoms with Crippen LogP contribution >= 0.6 is 11.3 Å². The van der Waals surface area contributed by atoms with Gasteiger partial charge in [-0.2, -0.15) is 0 Å². The van der Waals surface area contributed by atoms with Crippen LogP contribution < -0.4 is 5.32 Å². The molecular weight excluding hydrogens is 230 g/mol. The molecule has 1 amide bonds. The van der Waals surface area contributed by atoms with Gasteiger partial charge in [0.1, 0.15) is 6.04 Å². The number of carbonyl (C=O) groups is 2. The molecule has 88 valence electrons. The molecule has 1 heterocycles. The molecule has 1 aromatic rings. The first-order valence-corrected chi connectivity index (χ1v) is 5.51. The lowest BCUT2D eigenvalue weighted by Crippen LogP contribution is -2.40. The van der Waals surface area contributed by atoms with Gasteiger partial charge in [-0.1, -0.05) is 0 Å². The average molecular weight is 243 g/mol. The van der Waals surface area contributed by atoms with Crippen molar-refractivity contribution < 1.29 is 14.7 Å². The van der Waals surface area contributed by atoms with Gasteiger partial charge in [0.25, 0.3) is 0 Å². The minimum Gasteiger partial charge on any atom is -0.480 e. The molecule has 1 atom stereocenters. The fraction of sp³-hybridized carbons (Fsp3) is 0.444. The zero-order chi connectivity index (χ0) is 12.1. The first-order chi connectivity index (χ1) is 7.50. The fourth-order valence-corrected chi connectivity index (χ4v) is 1.54. The minimum atomic E-state index is -0.954. The molecule has 0 aromatic carbocycles. The Hall–Kier alpha value is -1.47. The molecule has 0 fully saturated rings. The Kier molecular flexibility index (Phi) is 4.39. The number of carbonyl (C=O) groups excluding carboxylic acids is 1. The van der Waals surface area contributed by atoms with Crippen molar-refractivity contribution in [3.63, 3.8) is 0 Å². The number of aromatic nitrogens is 1. The number of carboxylic acid groups (broad SMARTS) is 1. The van der Waals surface area contributed by atoms with Crippen molar-refractivity contribution in [1.82, 2.24) is 9.88 Å². The maximum Gasteiger partial charge on any atom is 0.320 e. The van der Waals surface area contributed by atoms with Gasteiger partial charge in [-0.25, -0.2) is 4.98 Å². The molecule has 1 rings (SSSR count). The highest BCUT2D eigenvalue weighted by Gasteiger charge is 2.19. The van der Waals surface area contributed by atoms with E-state index in [9.17, 15) is 9.59 Å². The van der Waals surface area contributed by atoms with Crippen LogP contribution in [0.1, 0.15) is 6.92 Å². The van der Waals surface area contributed by atoms with Crippen molar-refractivity contribution in [2.45, 2.75) is 13.0 Å². The third-order valence-corrected chi connectivity index (χ3v) is 2.78. The van der Waals surface area contributed by atoms with Crippen molar-refractivity contribution in [2.75, 3.05) is 18.9 Å². The maximum absolute atomic E-state index is 11.5. The van der Waals surface area contributed by atoms with E-state index < -0.39 is 12.0 Å². The molecule has 0 spiro atoms. The third-order valence-electron chi connectivity index (χ3n) is 2.09. The van der Waals surface area contributed by atoms with Gasteiger partial charge < -0.3 is 10.4 Å². The SMILES string of the molecule is CC(C(=O)O)N(C)CC(=O)Nc1nccs1. The first-order valence-electron chi connectivity index (χ1n) is 4.63. The molecule has 1 unspecified atom stereocenters. The summed E-state index contributed by atoms with van der Waals surface area (Å²) >= 11 is 1.32. The number of nitrogens with one attached hydrogen (secondary N) is 1. The predicted molar refractivity (Wildman–Crippen MR) is 60.5 cm³/mol. The van der Waals surface area contributed by atoms with Crippen molar-refractivity contribution in [1.29, 1.82) is 0 Å². The summed E-state index contributed by atoms with van der Waals surface area (Å²) in [7, 11) is 1.58. The van der Waals surface area contributed by atoms with E-state index in [0.29, 0.717) is 5.13 Å². The van der Waals surface area contributed by atoms with Gasteiger partial charge in [-0.15, -0.1) is 11.3 Å². The Morgan fingerprint density at radius 2 is 2.38 bits per heavy atom. The van der Waals surface area contributed by atoms with E-state index in [1.54, 1.807) is 18.6 Å². The molecule has 16 heavy (non-hydrogen) atoms. The topological polar surface area (TPSA) is 82.5 Å². The summed E-state index contributed by atoms with van der Waals surface area (Å²) in [5.74, 6) is -1.23. The van der Waals surface area contributed by atoms with Crippen LogP contribution in [-0.2, 0) is 9.59 Å². The number of nitrogens with zero attached hydrogens (tertiary/aromatic N) is 2. The first kappa shape index (κ1) is 12.6. The summed E-state index contributed by atoms with van der Waals surface area (Å²) in [5, 5.41) is 13.6. The molecule has 0 saturated heterocycles. The summed E-state index contributed by atoms with van der Waals surface area (Å²) < 4.78 is 0. The van der Waals surface area contributed by atoms with Crippen LogP contribution in [0.4, 0.5) is 5.13 Å². The van der Waals surface area contributed by atoms with Gasteiger partial charge >= 0.3 is 5.97 Å². The summed E-state index contributed by atoms with van der Waals surface area (Å²) in [4.78, 5) is 27.5. The number of rotatable bonds is 5. The normalized spacial score (nSPS) is 12.4. The molecule has 0 bridgehead atoms. The highest BCUT2D eigenvalue weighted by atomic mass is 32.1. The standard InChI is InChI=1S/C9H13N3O3S/c1-6(8(14)15)12(2)5-7(13)11-9-10-3-4-16-9/h3-4,6H,5H2,1-2H3,(H,14,15)(H,10,11,13). The van der Waals surface area contributed by atoms with Crippen molar-refractivity contribution in [2.24, 2.45) is 0 Å². The Balaban J connectivity index is 2.42. The Morgan fingerprint density at radius 1 is 1.69 bits per heavy atom. The van der Waals surface area contributed by atoms with Crippen molar-refractivity contribution in [3.8, 4) is 0 Å². The van der Waals surface area contributed by atoms with E-state index in [2.05, 4.69) is 10.3 Å². The fourth-order valence-electron chi connectivity index (χ4n) is 0.996. The van der Waals surface area contributed by atoms with Crippen LogP contribution in [0.15, 0.2) is 11.6 Å². The van der Waals surface area contributed by atoms with Gasteiger partial charge in [0.05, 0.1) is 6.54 Å². The second-order valence-electron chi connectivity index (χ2n) is 3.31. The van der Waals surface area contributed by atoms with Crippen molar-refractivity contribution in [3.05, 3.63) is 11.6 Å². The van der Waals surface area contributed by atoms with E-state index in [1.165, 1.54) is 23.2 Å². The molecule has 0 saturated carbocycles. The predicted octanol–water partition coefficient (Wildman–Crippen LogP) is 0.487. The molecule has 0 aliphatic rings. The highest BCUT2D eigenvalue weighted by molar-refractivity contribution is 7.13. The van der Waals surface area contributed by atoms with Crippen LogP contribution in [-0.4, -0.2) is 46.5 Å². The highest BCUT2D eigenvalue weighted by Crippen LogP contribution is 2.10. The summed E-state index contributed by atoms with van der Waals surface area (Å²) in [6, 6.07) is -0.693. The van der Waals surface area contributed by atoms with Crippen LogP contribution in [0, 0.1) is 0 Å². The van der Waals surface area contributed by atoms with Gasteiger partial charge in [-0.3, -0.25) is 14.5 Å². The number of likely N-dealkylation sites (N-methyl/N-ethyl adjacent to an activating group) is 1. The number of amides is 1. The lowest BCUT2D eigenvalue weighted by molar-refractivity contribution is -0.142. The quantitative estimate of drug-likeness (QED) is 0.786. The lowest BCUT2D eigenvalue weighted by Gasteiger charge is -2.19. The molecule has 6 nitrogen and oxygen atoms in total.